The van der Waals surface area contributed by atoms with Gasteiger partial charge in [0, 0.05) is 29.3 Å². The first-order chi connectivity index (χ1) is 16.2. The fourth-order valence-electron chi connectivity index (χ4n) is 4.76. The van der Waals surface area contributed by atoms with Crippen molar-refractivity contribution in [2.75, 3.05) is 45.3 Å². The molecule has 2 aliphatic heterocycles. The minimum atomic E-state index is -0.220. The van der Waals surface area contributed by atoms with E-state index >= 15 is 0 Å². The molecule has 4 heterocycles. The van der Waals surface area contributed by atoms with Gasteiger partial charge in [0.1, 0.15) is 17.2 Å². The number of carbonyl (C=O) groups is 1. The highest BCUT2D eigenvalue weighted by molar-refractivity contribution is 5.97. The molecule has 0 spiro atoms. The van der Waals surface area contributed by atoms with Gasteiger partial charge in [0.25, 0.3) is 0 Å². The molecule has 1 aromatic carbocycles. The summed E-state index contributed by atoms with van der Waals surface area (Å²) in [6.07, 6.45) is 5.31. The van der Waals surface area contributed by atoms with Gasteiger partial charge in [-0.05, 0) is 56.5 Å². The van der Waals surface area contributed by atoms with E-state index in [0.29, 0.717) is 24.3 Å². The second-order valence-electron chi connectivity index (χ2n) is 8.84. The smallest absolute Gasteiger partial charge is 0.320 e. The summed E-state index contributed by atoms with van der Waals surface area (Å²) in [4.78, 5) is 22.7. The molecule has 3 N–H and O–H groups in total. The number of benzene rings is 1. The van der Waals surface area contributed by atoms with Crippen molar-refractivity contribution in [3.8, 4) is 16.9 Å². The third kappa shape index (κ3) is 4.82. The molecule has 5 rings (SSSR count). The Labute approximate surface area is 193 Å². The maximum Gasteiger partial charge on any atom is 0.320 e. The summed E-state index contributed by atoms with van der Waals surface area (Å²) in [5.74, 6) is 2.00. The van der Waals surface area contributed by atoms with Crippen molar-refractivity contribution in [3.05, 3.63) is 42.6 Å². The summed E-state index contributed by atoms with van der Waals surface area (Å²) in [5.41, 5.74) is 2.73. The normalized spacial score (nSPS) is 17.6. The molecule has 8 heteroatoms. The number of urea groups is 1. The number of hydrogen-bond donors (Lipinski definition) is 3. The topological polar surface area (TPSA) is 91.5 Å². The molecule has 8 nitrogen and oxygen atoms in total. The molecule has 0 atom stereocenters. The zero-order valence-corrected chi connectivity index (χ0v) is 19.0. The van der Waals surface area contributed by atoms with Crippen LogP contribution in [0.1, 0.15) is 19.3 Å². The van der Waals surface area contributed by atoms with Gasteiger partial charge in [-0.1, -0.05) is 18.2 Å². The number of rotatable bonds is 7. The quantitative estimate of drug-likeness (QED) is 0.510. The molecule has 2 fully saturated rings. The third-order valence-electron chi connectivity index (χ3n) is 6.80. The van der Waals surface area contributed by atoms with Crippen LogP contribution in [0.25, 0.3) is 22.2 Å². The van der Waals surface area contributed by atoms with Crippen molar-refractivity contribution in [1.29, 1.82) is 0 Å². The number of aromatic amines is 1. The Bertz CT molecular complexity index is 1100. The van der Waals surface area contributed by atoms with Crippen LogP contribution in [0.15, 0.2) is 42.6 Å². The lowest BCUT2D eigenvalue weighted by Gasteiger charge is -2.41. The fraction of sp³-hybridized carbons (Fsp3) is 0.440. The summed E-state index contributed by atoms with van der Waals surface area (Å²) in [6.45, 7) is 4.72. The van der Waals surface area contributed by atoms with Crippen LogP contribution in [0.3, 0.4) is 0 Å². The number of methoxy groups -OCH3 is 1. The van der Waals surface area contributed by atoms with Crippen LogP contribution >= 0.6 is 0 Å². The van der Waals surface area contributed by atoms with E-state index in [1.54, 1.807) is 7.11 Å². The molecule has 2 aliphatic rings. The van der Waals surface area contributed by atoms with Crippen LogP contribution in [0.4, 0.5) is 10.6 Å². The Morgan fingerprint density at radius 1 is 1.18 bits per heavy atom. The van der Waals surface area contributed by atoms with Gasteiger partial charge in [-0.3, -0.25) is 10.2 Å². The van der Waals surface area contributed by atoms with E-state index in [2.05, 4.69) is 25.5 Å². The first kappa shape index (κ1) is 21.7. The van der Waals surface area contributed by atoms with Gasteiger partial charge in [0.15, 0.2) is 0 Å². The Balaban J connectivity index is 1.12. The maximum atomic E-state index is 12.4. The molecule has 2 aromatic heterocycles. The zero-order valence-electron chi connectivity index (χ0n) is 19.0. The molecule has 3 aromatic rings. The van der Waals surface area contributed by atoms with E-state index in [1.165, 1.54) is 12.8 Å². The summed E-state index contributed by atoms with van der Waals surface area (Å²) in [7, 11) is 1.67. The number of piperidine rings is 1. The predicted molar refractivity (Wildman–Crippen MR) is 129 cm³/mol. The van der Waals surface area contributed by atoms with E-state index in [9.17, 15) is 4.79 Å². The second-order valence-corrected chi connectivity index (χ2v) is 8.84. The Kier molecular flexibility index (Phi) is 6.46. The SMILES string of the molecule is COc1ccccc1-c1c[nH]c2nc(NC(=O)NCCC3CCN(C4COC4)CC3)ccc12. The number of anilines is 1. The van der Waals surface area contributed by atoms with Crippen LogP contribution in [-0.2, 0) is 4.74 Å². The van der Waals surface area contributed by atoms with Gasteiger partial charge < -0.3 is 19.8 Å². The average Bonchev–Trinajstić information content (AvgIpc) is 3.22. The molecule has 0 bridgehead atoms. The van der Waals surface area contributed by atoms with Crippen molar-refractivity contribution in [2.24, 2.45) is 5.92 Å². The number of para-hydroxylation sites is 1. The van der Waals surface area contributed by atoms with Gasteiger partial charge in [-0.2, -0.15) is 0 Å². The Morgan fingerprint density at radius 2 is 2.00 bits per heavy atom. The molecule has 0 aliphatic carbocycles. The van der Waals surface area contributed by atoms with Crippen molar-refractivity contribution in [3.63, 3.8) is 0 Å². The molecule has 2 amide bonds. The third-order valence-corrected chi connectivity index (χ3v) is 6.80. The van der Waals surface area contributed by atoms with Crippen LogP contribution in [0.5, 0.6) is 5.75 Å². The van der Waals surface area contributed by atoms with Crippen LogP contribution in [0.2, 0.25) is 0 Å². The number of ether oxygens (including phenoxy) is 2. The number of H-pyrrole nitrogens is 1. The Hall–Kier alpha value is -3.10. The summed E-state index contributed by atoms with van der Waals surface area (Å²) >= 11 is 0. The van der Waals surface area contributed by atoms with E-state index in [0.717, 1.165) is 60.6 Å². The number of nitrogens with one attached hydrogen (secondary N) is 3. The first-order valence-corrected chi connectivity index (χ1v) is 11.7. The standard InChI is InChI=1S/C25H31N5O3/c1-32-22-5-3-2-4-19(22)21-14-27-24-20(21)6-7-23(28-24)29-25(31)26-11-8-17-9-12-30(13-10-17)18-15-33-16-18/h2-7,14,17-18H,8-13,15-16H2,1H3,(H3,26,27,28,29,31). The highest BCUT2D eigenvalue weighted by Crippen LogP contribution is 2.34. The van der Waals surface area contributed by atoms with Crippen LogP contribution in [-0.4, -0.2) is 66.9 Å². The van der Waals surface area contributed by atoms with Gasteiger partial charge >= 0.3 is 6.03 Å². The van der Waals surface area contributed by atoms with Gasteiger partial charge in [0.2, 0.25) is 0 Å². The lowest BCUT2D eigenvalue weighted by molar-refractivity contribution is -0.0739. The van der Waals surface area contributed by atoms with E-state index in [-0.39, 0.29) is 6.03 Å². The van der Waals surface area contributed by atoms with Crippen molar-refractivity contribution in [1.82, 2.24) is 20.2 Å². The number of hydrogen-bond acceptors (Lipinski definition) is 5. The van der Waals surface area contributed by atoms with Crippen LogP contribution < -0.4 is 15.4 Å². The lowest BCUT2D eigenvalue weighted by atomic mass is 9.92. The Morgan fingerprint density at radius 3 is 2.76 bits per heavy atom. The highest BCUT2D eigenvalue weighted by Gasteiger charge is 2.29. The van der Waals surface area contributed by atoms with Crippen molar-refractivity contribution < 1.29 is 14.3 Å². The highest BCUT2D eigenvalue weighted by atomic mass is 16.5. The number of pyridine rings is 1. The van der Waals surface area contributed by atoms with Gasteiger partial charge in [-0.25, -0.2) is 9.78 Å². The van der Waals surface area contributed by atoms with Crippen LogP contribution in [0, 0.1) is 5.92 Å². The monoisotopic (exact) mass is 449 g/mol. The number of nitrogens with zero attached hydrogens (tertiary/aromatic N) is 2. The van der Waals surface area contributed by atoms with Gasteiger partial charge in [-0.15, -0.1) is 0 Å². The molecular weight excluding hydrogens is 418 g/mol. The second kappa shape index (κ2) is 9.80. The molecular formula is C25H31N5O3. The zero-order chi connectivity index (χ0) is 22.6. The number of aromatic nitrogens is 2. The van der Waals surface area contributed by atoms with Crippen molar-refractivity contribution in [2.45, 2.75) is 25.3 Å². The molecule has 174 valence electrons. The van der Waals surface area contributed by atoms with E-state index in [1.807, 2.05) is 42.6 Å². The minimum Gasteiger partial charge on any atom is -0.496 e. The summed E-state index contributed by atoms with van der Waals surface area (Å²) in [6, 6.07) is 12.1. The summed E-state index contributed by atoms with van der Waals surface area (Å²) in [5, 5.41) is 6.81. The van der Waals surface area contributed by atoms with E-state index in [4.69, 9.17) is 9.47 Å². The largest absolute Gasteiger partial charge is 0.496 e. The number of amides is 2. The summed E-state index contributed by atoms with van der Waals surface area (Å²) < 4.78 is 10.8. The van der Waals surface area contributed by atoms with Crippen molar-refractivity contribution >= 4 is 22.9 Å². The predicted octanol–water partition coefficient (Wildman–Crippen LogP) is 3.86. The maximum absolute atomic E-state index is 12.4. The number of likely N-dealkylation sites (tertiary alicyclic amines) is 1. The molecule has 0 radical (unpaired) electrons. The lowest BCUT2D eigenvalue weighted by Crippen LogP contribution is -2.51. The number of fused-ring (bicyclic) bond motifs is 1. The molecule has 2 saturated heterocycles. The van der Waals surface area contributed by atoms with Gasteiger partial charge in [0.05, 0.1) is 26.4 Å². The average molecular weight is 450 g/mol. The minimum absolute atomic E-state index is 0.220. The molecule has 0 unspecified atom stereocenters. The molecule has 0 saturated carbocycles. The number of carbonyl (C=O) groups excluding carboxylic acids is 1. The van der Waals surface area contributed by atoms with E-state index < -0.39 is 0 Å². The fourth-order valence-corrected chi connectivity index (χ4v) is 4.76. The first-order valence-electron chi connectivity index (χ1n) is 11.7. The molecule has 33 heavy (non-hydrogen) atoms.